The third-order valence-electron chi connectivity index (χ3n) is 3.09. The number of anilines is 1. The van der Waals surface area contributed by atoms with Gasteiger partial charge in [-0.05, 0) is 39.7 Å². The number of nitrogens with zero attached hydrogens (tertiary/aromatic N) is 3. The molecule has 0 atom stereocenters. The average Bonchev–Trinajstić information content (AvgIpc) is 2.15. The lowest BCUT2D eigenvalue weighted by Gasteiger charge is -2.35. The predicted molar refractivity (Wildman–Crippen MR) is 63.6 cm³/mol. The van der Waals surface area contributed by atoms with Gasteiger partial charge in [0.1, 0.15) is 0 Å². The Morgan fingerprint density at radius 1 is 1.19 bits per heavy atom. The standard InChI is InChI=1S/C12H19N3O/c1-9-8-10(2)14-11(13-9)15-6-4-12(3,16)5-7-15/h8,16H,4-7H2,1-3H3. The SMILES string of the molecule is Cc1cc(C)nc(N2CCC(C)(O)CC2)n1. The lowest BCUT2D eigenvalue weighted by molar-refractivity contribution is 0.0349. The van der Waals surface area contributed by atoms with Crippen molar-refractivity contribution >= 4 is 5.95 Å². The van der Waals surface area contributed by atoms with Gasteiger partial charge in [-0.2, -0.15) is 0 Å². The van der Waals surface area contributed by atoms with Crippen molar-refractivity contribution in [1.29, 1.82) is 0 Å². The van der Waals surface area contributed by atoms with Gasteiger partial charge < -0.3 is 10.0 Å². The summed E-state index contributed by atoms with van der Waals surface area (Å²) in [5.74, 6) is 0.799. The van der Waals surface area contributed by atoms with Crippen LogP contribution in [-0.4, -0.2) is 33.8 Å². The van der Waals surface area contributed by atoms with Crippen LogP contribution in [0, 0.1) is 13.8 Å². The third kappa shape index (κ3) is 2.50. The Balaban J connectivity index is 2.14. The van der Waals surface area contributed by atoms with Crippen molar-refractivity contribution in [3.63, 3.8) is 0 Å². The first-order chi connectivity index (χ1) is 7.46. The Bertz CT molecular complexity index is 360. The zero-order valence-electron chi connectivity index (χ0n) is 10.2. The summed E-state index contributed by atoms with van der Waals surface area (Å²) in [6, 6.07) is 1.98. The summed E-state index contributed by atoms with van der Waals surface area (Å²) >= 11 is 0. The van der Waals surface area contributed by atoms with Gasteiger partial charge in [0.25, 0.3) is 0 Å². The second kappa shape index (κ2) is 4.01. The fourth-order valence-electron chi connectivity index (χ4n) is 2.04. The Kier molecular flexibility index (Phi) is 2.84. The van der Waals surface area contributed by atoms with Crippen LogP contribution in [0.15, 0.2) is 6.07 Å². The number of hydrogen-bond acceptors (Lipinski definition) is 4. The Morgan fingerprint density at radius 2 is 1.69 bits per heavy atom. The highest BCUT2D eigenvalue weighted by Gasteiger charge is 2.28. The van der Waals surface area contributed by atoms with E-state index in [4.69, 9.17) is 0 Å². The molecule has 0 amide bonds. The Hall–Kier alpha value is -1.16. The van der Waals surface area contributed by atoms with Crippen molar-refractivity contribution < 1.29 is 5.11 Å². The van der Waals surface area contributed by atoms with E-state index in [1.165, 1.54) is 0 Å². The molecule has 1 saturated heterocycles. The second-order valence-corrected chi connectivity index (χ2v) is 4.93. The van der Waals surface area contributed by atoms with E-state index in [-0.39, 0.29) is 0 Å². The van der Waals surface area contributed by atoms with Crippen molar-refractivity contribution in [1.82, 2.24) is 9.97 Å². The molecule has 0 saturated carbocycles. The van der Waals surface area contributed by atoms with Crippen LogP contribution in [0.3, 0.4) is 0 Å². The number of rotatable bonds is 1. The van der Waals surface area contributed by atoms with E-state index in [1.807, 2.05) is 26.8 Å². The van der Waals surface area contributed by atoms with Crippen LogP contribution in [0.5, 0.6) is 0 Å². The summed E-state index contributed by atoms with van der Waals surface area (Å²) in [7, 11) is 0. The van der Waals surface area contributed by atoms with E-state index in [9.17, 15) is 5.11 Å². The predicted octanol–water partition coefficient (Wildman–Crippen LogP) is 1.44. The molecule has 0 aromatic carbocycles. The van der Waals surface area contributed by atoms with E-state index in [1.54, 1.807) is 0 Å². The molecular weight excluding hydrogens is 202 g/mol. The number of piperidine rings is 1. The van der Waals surface area contributed by atoms with Gasteiger partial charge in [0.15, 0.2) is 0 Å². The zero-order valence-corrected chi connectivity index (χ0v) is 10.2. The number of aryl methyl sites for hydroxylation is 2. The quantitative estimate of drug-likeness (QED) is 0.779. The summed E-state index contributed by atoms with van der Waals surface area (Å²) in [6.45, 7) is 7.52. The molecule has 88 valence electrons. The van der Waals surface area contributed by atoms with E-state index in [2.05, 4.69) is 14.9 Å². The normalized spacial score (nSPS) is 19.9. The highest BCUT2D eigenvalue weighted by molar-refractivity contribution is 5.33. The summed E-state index contributed by atoms with van der Waals surface area (Å²) in [4.78, 5) is 11.0. The molecule has 1 aromatic heterocycles. The molecule has 2 heterocycles. The largest absolute Gasteiger partial charge is 0.390 e. The molecule has 1 fully saturated rings. The van der Waals surface area contributed by atoms with Gasteiger partial charge in [0, 0.05) is 24.5 Å². The van der Waals surface area contributed by atoms with Crippen LogP contribution >= 0.6 is 0 Å². The van der Waals surface area contributed by atoms with E-state index < -0.39 is 5.60 Å². The average molecular weight is 221 g/mol. The summed E-state index contributed by atoms with van der Waals surface area (Å²) in [5, 5.41) is 9.88. The van der Waals surface area contributed by atoms with E-state index >= 15 is 0 Å². The van der Waals surface area contributed by atoms with Crippen LogP contribution in [0.2, 0.25) is 0 Å². The van der Waals surface area contributed by atoms with E-state index in [0.717, 1.165) is 43.3 Å². The van der Waals surface area contributed by atoms with Gasteiger partial charge in [-0.3, -0.25) is 0 Å². The molecule has 16 heavy (non-hydrogen) atoms. The minimum Gasteiger partial charge on any atom is -0.390 e. The van der Waals surface area contributed by atoms with Gasteiger partial charge in [-0.1, -0.05) is 0 Å². The van der Waals surface area contributed by atoms with Crippen molar-refractivity contribution in [3.8, 4) is 0 Å². The first-order valence-corrected chi connectivity index (χ1v) is 5.76. The maximum Gasteiger partial charge on any atom is 0.225 e. The third-order valence-corrected chi connectivity index (χ3v) is 3.09. The van der Waals surface area contributed by atoms with Gasteiger partial charge in [0.05, 0.1) is 5.60 Å². The molecule has 0 radical (unpaired) electrons. The fraction of sp³-hybridized carbons (Fsp3) is 0.667. The molecule has 0 spiro atoms. The summed E-state index contributed by atoms with van der Waals surface area (Å²) in [6.07, 6.45) is 1.56. The lowest BCUT2D eigenvalue weighted by atomic mass is 9.94. The van der Waals surface area contributed by atoms with Gasteiger partial charge in [-0.15, -0.1) is 0 Å². The number of aliphatic hydroxyl groups is 1. The minimum atomic E-state index is -0.518. The number of hydrogen-bond donors (Lipinski definition) is 1. The highest BCUT2D eigenvalue weighted by atomic mass is 16.3. The Morgan fingerprint density at radius 3 is 2.19 bits per heavy atom. The summed E-state index contributed by atoms with van der Waals surface area (Å²) < 4.78 is 0. The van der Waals surface area contributed by atoms with Crippen molar-refractivity contribution in [2.45, 2.75) is 39.2 Å². The molecule has 1 aliphatic heterocycles. The minimum absolute atomic E-state index is 0.518. The maximum atomic E-state index is 9.88. The molecule has 0 unspecified atom stereocenters. The molecule has 1 N–H and O–H groups in total. The summed E-state index contributed by atoms with van der Waals surface area (Å²) in [5.41, 5.74) is 1.48. The zero-order chi connectivity index (χ0) is 11.8. The monoisotopic (exact) mass is 221 g/mol. The Labute approximate surface area is 96.3 Å². The topological polar surface area (TPSA) is 49.2 Å². The maximum absolute atomic E-state index is 9.88. The highest BCUT2D eigenvalue weighted by Crippen LogP contribution is 2.23. The molecule has 4 heteroatoms. The lowest BCUT2D eigenvalue weighted by Crippen LogP contribution is -2.43. The van der Waals surface area contributed by atoms with Gasteiger partial charge in [-0.25, -0.2) is 9.97 Å². The van der Waals surface area contributed by atoms with Crippen molar-refractivity contribution in [2.75, 3.05) is 18.0 Å². The number of aromatic nitrogens is 2. The first kappa shape index (κ1) is 11.3. The molecule has 4 nitrogen and oxygen atoms in total. The molecular formula is C12H19N3O. The molecule has 1 aromatic rings. The van der Waals surface area contributed by atoms with Crippen molar-refractivity contribution in [2.24, 2.45) is 0 Å². The fourth-order valence-corrected chi connectivity index (χ4v) is 2.04. The van der Waals surface area contributed by atoms with Gasteiger partial charge in [0.2, 0.25) is 5.95 Å². The molecule has 1 aliphatic rings. The first-order valence-electron chi connectivity index (χ1n) is 5.76. The van der Waals surface area contributed by atoms with Crippen LogP contribution < -0.4 is 4.90 Å². The second-order valence-electron chi connectivity index (χ2n) is 4.93. The van der Waals surface area contributed by atoms with Crippen molar-refractivity contribution in [3.05, 3.63) is 17.5 Å². The van der Waals surface area contributed by atoms with Crippen LogP contribution in [0.1, 0.15) is 31.2 Å². The molecule has 0 aliphatic carbocycles. The van der Waals surface area contributed by atoms with Gasteiger partial charge >= 0.3 is 0 Å². The molecule has 0 bridgehead atoms. The van der Waals surface area contributed by atoms with Crippen LogP contribution in [-0.2, 0) is 0 Å². The van der Waals surface area contributed by atoms with Crippen LogP contribution in [0.4, 0.5) is 5.95 Å². The molecule has 2 rings (SSSR count). The smallest absolute Gasteiger partial charge is 0.225 e. The van der Waals surface area contributed by atoms with Crippen LogP contribution in [0.25, 0.3) is 0 Å². The van der Waals surface area contributed by atoms with E-state index in [0.29, 0.717) is 0 Å².